The Morgan fingerprint density at radius 1 is 1.40 bits per heavy atom. The average molecular weight is 278 g/mol. The van der Waals surface area contributed by atoms with Gasteiger partial charge in [-0.25, -0.2) is 13.8 Å². The van der Waals surface area contributed by atoms with Gasteiger partial charge in [0.25, 0.3) is 5.92 Å². The summed E-state index contributed by atoms with van der Waals surface area (Å²) in [6.07, 6.45) is 3.27. The molecule has 108 valence electrons. The molecular weight excluding hydrogens is 258 g/mol. The van der Waals surface area contributed by atoms with E-state index >= 15 is 0 Å². The van der Waals surface area contributed by atoms with E-state index in [1.165, 1.54) is 12.3 Å². The lowest BCUT2D eigenvalue weighted by Gasteiger charge is -2.18. The van der Waals surface area contributed by atoms with Crippen molar-refractivity contribution in [2.24, 2.45) is 4.99 Å². The maximum atomic E-state index is 13.6. The predicted molar refractivity (Wildman–Crippen MR) is 80.0 cm³/mol. The van der Waals surface area contributed by atoms with E-state index in [4.69, 9.17) is 0 Å². The van der Waals surface area contributed by atoms with Gasteiger partial charge in [0.15, 0.2) is 0 Å². The molecule has 0 bridgehead atoms. The normalized spacial score (nSPS) is 13.3. The summed E-state index contributed by atoms with van der Waals surface area (Å²) in [6, 6.07) is 4.82. The van der Waals surface area contributed by atoms with Crippen LogP contribution in [-0.2, 0) is 5.92 Å². The first-order valence-electron chi connectivity index (χ1n) is 6.38. The highest BCUT2D eigenvalue weighted by atomic mass is 19.3. The van der Waals surface area contributed by atoms with Crippen LogP contribution in [0.3, 0.4) is 0 Å². The summed E-state index contributed by atoms with van der Waals surface area (Å²) in [4.78, 5) is 4.15. The molecule has 0 atom stereocenters. The van der Waals surface area contributed by atoms with E-state index in [1.54, 1.807) is 19.1 Å². The summed E-state index contributed by atoms with van der Waals surface area (Å²) >= 11 is 0. The number of benzene rings is 1. The molecule has 1 N–H and O–H groups in total. The van der Waals surface area contributed by atoms with Gasteiger partial charge in [0.1, 0.15) is 5.84 Å². The summed E-state index contributed by atoms with van der Waals surface area (Å²) in [5.41, 5.74) is 2.05. The smallest absolute Gasteiger partial charge is 0.270 e. The Balaban J connectivity index is 3.36. The molecule has 1 aromatic carbocycles. The third kappa shape index (κ3) is 3.76. The van der Waals surface area contributed by atoms with Crippen molar-refractivity contribution in [2.45, 2.75) is 33.6 Å². The van der Waals surface area contributed by atoms with Gasteiger partial charge in [0.05, 0.1) is 0 Å². The molecule has 0 aromatic heterocycles. The van der Waals surface area contributed by atoms with Gasteiger partial charge in [0, 0.05) is 29.9 Å². The van der Waals surface area contributed by atoms with Crippen LogP contribution in [0, 0.1) is 6.92 Å². The Kier molecular flexibility index (Phi) is 5.19. The summed E-state index contributed by atoms with van der Waals surface area (Å²) in [5.74, 6) is -2.37. The largest absolute Gasteiger partial charge is 0.344 e. The van der Waals surface area contributed by atoms with Crippen LogP contribution in [0.2, 0.25) is 0 Å². The topological polar surface area (TPSA) is 24.4 Å². The van der Waals surface area contributed by atoms with Gasteiger partial charge in [-0.15, -0.1) is 0 Å². The fourth-order valence-electron chi connectivity index (χ4n) is 1.89. The first-order chi connectivity index (χ1) is 9.31. The molecule has 0 spiro atoms. The molecule has 0 heterocycles. The number of halogens is 2. The molecule has 4 heteroatoms. The van der Waals surface area contributed by atoms with Crippen LogP contribution >= 0.6 is 0 Å². The SMILES string of the molecule is C=CN=C(N/C(C)=C/C)c1cccc(C(C)(F)F)c1C. The second-order valence-electron chi connectivity index (χ2n) is 4.62. The number of rotatable bonds is 4. The monoisotopic (exact) mass is 278 g/mol. The van der Waals surface area contributed by atoms with Gasteiger partial charge in [0.2, 0.25) is 0 Å². The van der Waals surface area contributed by atoms with E-state index in [9.17, 15) is 8.78 Å². The van der Waals surface area contributed by atoms with Crippen LogP contribution in [-0.4, -0.2) is 5.84 Å². The zero-order valence-electron chi connectivity index (χ0n) is 12.3. The van der Waals surface area contributed by atoms with Crippen LogP contribution in [0.5, 0.6) is 0 Å². The second kappa shape index (κ2) is 6.46. The third-order valence-corrected chi connectivity index (χ3v) is 3.03. The summed E-state index contributed by atoms with van der Waals surface area (Å²) in [7, 11) is 0. The summed E-state index contributed by atoms with van der Waals surface area (Å²) < 4.78 is 27.2. The minimum absolute atomic E-state index is 0.00620. The third-order valence-electron chi connectivity index (χ3n) is 3.03. The van der Waals surface area contributed by atoms with Crippen molar-refractivity contribution in [3.05, 3.63) is 59.4 Å². The maximum absolute atomic E-state index is 13.6. The molecule has 0 unspecified atom stereocenters. The van der Waals surface area contributed by atoms with E-state index in [-0.39, 0.29) is 5.56 Å². The molecule has 2 nitrogen and oxygen atoms in total. The Bertz CT molecular complexity index is 552. The van der Waals surface area contributed by atoms with Crippen LogP contribution in [0.1, 0.15) is 37.5 Å². The van der Waals surface area contributed by atoms with Crippen LogP contribution < -0.4 is 5.32 Å². The van der Waals surface area contributed by atoms with Gasteiger partial charge < -0.3 is 5.32 Å². The molecule has 1 rings (SSSR count). The van der Waals surface area contributed by atoms with E-state index < -0.39 is 5.92 Å². The number of nitrogens with one attached hydrogen (secondary N) is 1. The molecule has 1 aromatic rings. The van der Waals surface area contributed by atoms with Crippen molar-refractivity contribution in [1.82, 2.24) is 5.32 Å². The van der Waals surface area contributed by atoms with E-state index in [0.717, 1.165) is 12.6 Å². The molecular formula is C16H20F2N2. The number of hydrogen-bond donors (Lipinski definition) is 1. The standard InChI is InChI=1S/C16H20F2N2/c1-6-11(3)20-15(19-7-2)13-9-8-10-14(12(13)4)16(5,17)18/h6-10H,2H2,1,3-5H3,(H,19,20)/b11-6+. The Morgan fingerprint density at radius 3 is 2.55 bits per heavy atom. The van der Waals surface area contributed by atoms with Gasteiger partial charge in [-0.2, -0.15) is 0 Å². The van der Waals surface area contributed by atoms with Crippen LogP contribution in [0.15, 0.2) is 47.7 Å². The number of nitrogens with zero attached hydrogens (tertiary/aromatic N) is 1. The molecule has 0 aliphatic carbocycles. The lowest BCUT2D eigenvalue weighted by Crippen LogP contribution is -2.24. The van der Waals surface area contributed by atoms with Gasteiger partial charge in [-0.1, -0.05) is 30.9 Å². The second-order valence-corrected chi connectivity index (χ2v) is 4.62. The van der Waals surface area contributed by atoms with Gasteiger partial charge in [-0.3, -0.25) is 0 Å². The molecule has 0 aliphatic heterocycles. The molecule has 0 saturated heterocycles. The minimum Gasteiger partial charge on any atom is -0.344 e. The lowest BCUT2D eigenvalue weighted by atomic mass is 9.97. The van der Waals surface area contributed by atoms with E-state index in [0.29, 0.717) is 17.0 Å². The quantitative estimate of drug-likeness (QED) is 0.636. The van der Waals surface area contributed by atoms with Crippen molar-refractivity contribution in [1.29, 1.82) is 0 Å². The number of amidine groups is 1. The lowest BCUT2D eigenvalue weighted by molar-refractivity contribution is 0.0168. The Hall–Kier alpha value is -1.97. The number of allylic oxidation sites excluding steroid dienone is 2. The molecule has 0 saturated carbocycles. The van der Waals surface area contributed by atoms with Crippen molar-refractivity contribution >= 4 is 5.84 Å². The van der Waals surface area contributed by atoms with Gasteiger partial charge >= 0.3 is 0 Å². The summed E-state index contributed by atoms with van der Waals surface area (Å²) in [6.45, 7) is 9.90. The first-order valence-corrected chi connectivity index (χ1v) is 6.38. The average Bonchev–Trinajstić information content (AvgIpc) is 2.37. The van der Waals surface area contributed by atoms with Gasteiger partial charge in [-0.05, 0) is 26.3 Å². The van der Waals surface area contributed by atoms with Crippen LogP contribution in [0.4, 0.5) is 8.78 Å². The van der Waals surface area contributed by atoms with Crippen LogP contribution in [0.25, 0.3) is 0 Å². The Morgan fingerprint density at radius 2 is 2.05 bits per heavy atom. The Labute approximate surface area is 118 Å². The highest BCUT2D eigenvalue weighted by Crippen LogP contribution is 2.31. The number of alkyl halides is 2. The molecule has 20 heavy (non-hydrogen) atoms. The zero-order chi connectivity index (χ0) is 15.3. The molecule has 0 radical (unpaired) electrons. The van der Waals surface area contributed by atoms with Crippen molar-refractivity contribution in [2.75, 3.05) is 0 Å². The van der Waals surface area contributed by atoms with Crippen molar-refractivity contribution in [3.8, 4) is 0 Å². The highest BCUT2D eigenvalue weighted by Gasteiger charge is 2.27. The maximum Gasteiger partial charge on any atom is 0.270 e. The molecule has 0 aliphatic rings. The summed E-state index contributed by atoms with van der Waals surface area (Å²) in [5, 5.41) is 3.10. The van der Waals surface area contributed by atoms with Crippen molar-refractivity contribution in [3.63, 3.8) is 0 Å². The number of hydrogen-bond acceptors (Lipinski definition) is 1. The predicted octanol–water partition coefficient (Wildman–Crippen LogP) is 4.51. The molecule has 0 fully saturated rings. The van der Waals surface area contributed by atoms with E-state index in [2.05, 4.69) is 16.9 Å². The highest BCUT2D eigenvalue weighted by molar-refractivity contribution is 6.01. The molecule has 0 amide bonds. The first kappa shape index (κ1) is 16.1. The van der Waals surface area contributed by atoms with Crippen molar-refractivity contribution < 1.29 is 8.78 Å². The fourth-order valence-corrected chi connectivity index (χ4v) is 1.89. The minimum atomic E-state index is -2.88. The fraction of sp³-hybridized carbons (Fsp3) is 0.312. The van der Waals surface area contributed by atoms with E-state index in [1.807, 2.05) is 19.9 Å². The number of aliphatic imine (C=N–C) groups is 1. The zero-order valence-corrected chi connectivity index (χ0v) is 12.3.